The Kier molecular flexibility index (Phi) is 25.7. The first kappa shape index (κ1) is 62.9. The summed E-state index contributed by atoms with van der Waals surface area (Å²) >= 11 is 2.08. The van der Waals surface area contributed by atoms with E-state index in [1.807, 2.05) is 110 Å². The average Bonchev–Trinajstić information content (AvgIpc) is 3.23. The number of nitrogens with one attached hydrogen (secondary N) is 2. The number of alkyl carbamates (subject to hydrolysis) is 2. The number of ether oxygens (including phenoxy) is 2. The normalized spacial score (nSPS) is 10.3. The maximum Gasteiger partial charge on any atom is 1.00 e. The van der Waals surface area contributed by atoms with Crippen molar-refractivity contribution in [1.29, 1.82) is 0 Å². The van der Waals surface area contributed by atoms with Gasteiger partial charge in [0.05, 0.1) is 18.7 Å². The van der Waals surface area contributed by atoms with Gasteiger partial charge in [-0.1, -0.05) is 57.3 Å². The van der Waals surface area contributed by atoms with Crippen molar-refractivity contribution in [3.05, 3.63) is 122 Å². The molecule has 0 bridgehead atoms. The van der Waals surface area contributed by atoms with Crippen LogP contribution in [0.5, 0.6) is 0 Å². The molecule has 11 nitrogen and oxygen atoms in total. The third kappa shape index (κ3) is 19.5. The minimum absolute atomic E-state index is 0. The Labute approximate surface area is 432 Å². The zero-order valence-corrected chi connectivity index (χ0v) is 46.9. The maximum atomic E-state index is 13.6. The number of rotatable bonds is 5. The number of carbonyl (C=O) groups is 4. The summed E-state index contributed by atoms with van der Waals surface area (Å²) in [6, 6.07) is 3.62. The van der Waals surface area contributed by atoms with Crippen molar-refractivity contribution in [3.63, 3.8) is 0 Å². The van der Waals surface area contributed by atoms with Gasteiger partial charge in [0.15, 0.2) is 0 Å². The van der Waals surface area contributed by atoms with Crippen molar-refractivity contribution in [2.75, 3.05) is 13.1 Å². The molecule has 0 atom stereocenters. The molecular weight excluding hydrogens is 962 g/mol. The van der Waals surface area contributed by atoms with E-state index < -0.39 is 29.4 Å². The van der Waals surface area contributed by atoms with Crippen LogP contribution in [0.1, 0.15) is 159 Å². The first-order valence-corrected chi connectivity index (χ1v) is 23.1. The van der Waals surface area contributed by atoms with E-state index in [-0.39, 0.29) is 31.2 Å². The van der Waals surface area contributed by atoms with E-state index in [1.165, 1.54) is 16.7 Å². The van der Waals surface area contributed by atoms with E-state index in [1.54, 1.807) is 33.8 Å². The number of ketones is 1. The standard InChI is InChI=1S/C27H34N2O3.C10H11IO2.C9H15NO2.C9H12N.Li/c1-15-14-23(25(30)24-20(6)17(3)18(4)21(7)29-24)22(19(5)16(15)2)12-11-13-28-26(31)32-27(8,9)10;1-5-4-8(10(12)13)9(11)7(3)6(5)2;1-5-6-7-10-8(11)12-9(2,3)4;1-6-5-10-9(4)8(3)7(6)2;/h14H,13H2,1-10H3,(H,28,31);4H,1-3H3,(H,12,13);7H2,1-4H3,(H,10,11);1-4H3;/q;;;-1;+1. The fourth-order valence-corrected chi connectivity index (χ4v) is 6.80. The van der Waals surface area contributed by atoms with Crippen LogP contribution in [0, 0.1) is 130 Å². The molecule has 4 aromatic rings. The summed E-state index contributed by atoms with van der Waals surface area (Å²) in [5.41, 5.74) is 16.2. The largest absolute Gasteiger partial charge is 1.00 e. The predicted molar refractivity (Wildman–Crippen MR) is 278 cm³/mol. The topological polar surface area (TPSA) is 157 Å². The van der Waals surface area contributed by atoms with Crippen LogP contribution in [0.2, 0.25) is 0 Å². The maximum absolute atomic E-state index is 13.6. The molecule has 0 saturated carbocycles. The molecule has 4 rings (SSSR count). The molecule has 2 aromatic heterocycles. The fraction of sp³-hybridized carbons (Fsp3) is 0.455. The molecule has 0 aliphatic rings. The molecule has 0 spiro atoms. The van der Waals surface area contributed by atoms with Gasteiger partial charge in [0, 0.05) is 20.4 Å². The van der Waals surface area contributed by atoms with Crippen LogP contribution < -0.4 is 29.5 Å². The van der Waals surface area contributed by atoms with Gasteiger partial charge >= 0.3 is 37.0 Å². The van der Waals surface area contributed by atoms with Crippen LogP contribution in [0.25, 0.3) is 0 Å². The molecule has 2 heterocycles. The van der Waals surface area contributed by atoms with Crippen molar-refractivity contribution in [3.8, 4) is 23.7 Å². The summed E-state index contributed by atoms with van der Waals surface area (Å²) < 4.78 is 11.0. The number of halogens is 1. The van der Waals surface area contributed by atoms with Crippen LogP contribution in [0.4, 0.5) is 9.59 Å². The fourth-order valence-electron chi connectivity index (χ4n) is 6.01. The SMILES string of the molecule is CC#CCNC(=O)OC(C)(C)C.Cc1[c-]nc(C)c(C)c1C.Cc1cc(C(=O)O)c(I)c(C)c1C.Cc1cc(C(=O)c2nc(C)c(C)c(C)c2C)c(C#CCNC(=O)OC(C)(C)C)c(C)c1C.[Li+]. The predicted octanol–water partition coefficient (Wildman–Crippen LogP) is 8.92. The van der Waals surface area contributed by atoms with Gasteiger partial charge < -0.3 is 30.2 Å². The summed E-state index contributed by atoms with van der Waals surface area (Å²) in [4.78, 5) is 56.0. The van der Waals surface area contributed by atoms with Gasteiger partial charge in [-0.2, -0.15) is 5.56 Å². The Balaban J connectivity index is 0.00000102. The van der Waals surface area contributed by atoms with Crippen molar-refractivity contribution in [2.24, 2.45) is 0 Å². The molecule has 0 radical (unpaired) electrons. The summed E-state index contributed by atoms with van der Waals surface area (Å²) in [5.74, 6) is 10.5. The summed E-state index contributed by atoms with van der Waals surface area (Å²) in [5, 5.41) is 14.0. The monoisotopic (exact) mass is 1030 g/mol. The zero-order valence-electron chi connectivity index (χ0n) is 44.7. The number of carbonyl (C=O) groups excluding carboxylic acids is 3. The van der Waals surface area contributed by atoms with Crippen LogP contribution in [-0.2, 0) is 9.47 Å². The Morgan fingerprint density at radius 3 is 1.54 bits per heavy atom. The number of nitrogens with zero attached hydrogens (tertiary/aromatic N) is 2. The second kappa shape index (κ2) is 27.8. The van der Waals surface area contributed by atoms with Crippen LogP contribution in [0.3, 0.4) is 0 Å². The van der Waals surface area contributed by atoms with Crippen molar-refractivity contribution >= 4 is 46.5 Å². The number of aryl methyl sites for hydroxylation is 5. The first-order chi connectivity index (χ1) is 30.8. The third-order valence-corrected chi connectivity index (χ3v) is 12.5. The molecule has 0 aliphatic heterocycles. The molecule has 0 aliphatic carbocycles. The number of pyridine rings is 2. The smallest absolute Gasteiger partial charge is 0.478 e. The van der Waals surface area contributed by atoms with Gasteiger partial charge in [0.1, 0.15) is 16.9 Å². The van der Waals surface area contributed by atoms with E-state index in [2.05, 4.69) is 86.9 Å². The Morgan fingerprint density at radius 2 is 1.09 bits per heavy atom. The van der Waals surface area contributed by atoms with Crippen molar-refractivity contribution < 1.29 is 52.6 Å². The van der Waals surface area contributed by atoms with Gasteiger partial charge in [-0.05, 0) is 202 Å². The Morgan fingerprint density at radius 1 is 0.632 bits per heavy atom. The van der Waals surface area contributed by atoms with E-state index in [4.69, 9.17) is 14.6 Å². The second-order valence-electron chi connectivity index (χ2n) is 18.3. The van der Waals surface area contributed by atoms with Gasteiger partial charge in [-0.3, -0.25) is 4.79 Å². The number of benzene rings is 2. The van der Waals surface area contributed by atoms with Gasteiger partial charge in [0.2, 0.25) is 5.78 Å². The number of carboxylic acid groups (broad SMARTS) is 1. The van der Waals surface area contributed by atoms with Crippen LogP contribution in [0.15, 0.2) is 12.1 Å². The second-order valence-corrected chi connectivity index (χ2v) is 19.4. The third-order valence-electron chi connectivity index (χ3n) is 11.1. The number of hydrogen-bond donors (Lipinski definition) is 3. The van der Waals surface area contributed by atoms with E-state index in [0.717, 1.165) is 65.0 Å². The molecule has 68 heavy (non-hydrogen) atoms. The van der Waals surface area contributed by atoms with Gasteiger partial charge in [-0.15, -0.1) is 17.0 Å². The molecular formula is C55H72ILiN4O7. The molecule has 3 N–H and O–H groups in total. The molecule has 0 fully saturated rings. The van der Waals surface area contributed by atoms with Crippen molar-refractivity contribution in [1.82, 2.24) is 20.6 Å². The quantitative estimate of drug-likeness (QED) is 0.0584. The number of carboxylic acids is 1. The molecule has 2 amide bonds. The number of aromatic nitrogens is 2. The van der Waals surface area contributed by atoms with Crippen molar-refractivity contribution in [2.45, 2.75) is 157 Å². The summed E-state index contributed by atoms with van der Waals surface area (Å²) in [6.07, 6.45) is 2.01. The molecule has 2 aromatic carbocycles. The van der Waals surface area contributed by atoms with E-state index in [9.17, 15) is 19.2 Å². The van der Waals surface area contributed by atoms with Gasteiger partial charge in [0.25, 0.3) is 0 Å². The Hall–Kier alpha value is -5.13. The van der Waals surface area contributed by atoms with Crippen LogP contribution in [-0.4, -0.2) is 63.3 Å². The van der Waals surface area contributed by atoms with E-state index in [0.29, 0.717) is 28.9 Å². The minimum Gasteiger partial charge on any atom is -0.478 e. The van der Waals surface area contributed by atoms with E-state index >= 15 is 0 Å². The van der Waals surface area contributed by atoms with Gasteiger partial charge in [-0.25, -0.2) is 19.4 Å². The number of hydrogen-bond acceptors (Lipinski definition) is 8. The number of aromatic carboxylic acids is 1. The minimum atomic E-state index is -0.851. The Bertz CT molecular complexity index is 2590. The average molecular weight is 1040 g/mol. The number of amides is 2. The molecule has 0 unspecified atom stereocenters. The molecule has 362 valence electrons. The first-order valence-electron chi connectivity index (χ1n) is 22.0. The summed E-state index contributed by atoms with van der Waals surface area (Å²) in [6.45, 7) is 41.1. The zero-order chi connectivity index (χ0) is 51.9. The summed E-state index contributed by atoms with van der Waals surface area (Å²) in [7, 11) is 0. The molecule has 0 saturated heterocycles. The molecule has 13 heteroatoms. The van der Waals surface area contributed by atoms with Crippen LogP contribution >= 0.6 is 22.6 Å².